The van der Waals surface area contributed by atoms with Crippen LogP contribution in [0.15, 0.2) is 36.1 Å². The Bertz CT molecular complexity index is 431. The first-order valence-corrected chi connectivity index (χ1v) is 6.88. The Balaban J connectivity index is 1.96. The summed E-state index contributed by atoms with van der Waals surface area (Å²) >= 11 is 0. The molecule has 0 aliphatic heterocycles. The zero-order chi connectivity index (χ0) is 13.5. The lowest BCUT2D eigenvalue weighted by atomic mass is 9.90. The summed E-state index contributed by atoms with van der Waals surface area (Å²) in [7, 11) is 0. The Hall–Kier alpha value is -1.77. The second-order valence-corrected chi connectivity index (χ2v) is 5.04. The lowest BCUT2D eigenvalue weighted by Crippen LogP contribution is -2.15. The molecule has 0 spiro atoms. The van der Waals surface area contributed by atoms with Gasteiger partial charge in [-0.15, -0.1) is 0 Å². The molecule has 1 aromatic rings. The fourth-order valence-electron chi connectivity index (χ4n) is 2.43. The summed E-state index contributed by atoms with van der Waals surface area (Å²) in [5.41, 5.74) is 0.851. The molecule has 0 bridgehead atoms. The van der Waals surface area contributed by atoms with Crippen molar-refractivity contribution in [2.75, 3.05) is 6.61 Å². The molecule has 2 rings (SSSR count). The van der Waals surface area contributed by atoms with Gasteiger partial charge in [0.05, 0.1) is 6.61 Å². The lowest BCUT2D eigenvalue weighted by Gasteiger charge is -2.21. The van der Waals surface area contributed by atoms with Crippen LogP contribution in [0, 0.1) is 5.92 Å². The molecule has 1 saturated carbocycles. The van der Waals surface area contributed by atoms with Gasteiger partial charge in [-0.2, -0.15) is 0 Å². The van der Waals surface area contributed by atoms with E-state index in [0.29, 0.717) is 12.5 Å². The van der Waals surface area contributed by atoms with Crippen LogP contribution in [0.2, 0.25) is 0 Å². The summed E-state index contributed by atoms with van der Waals surface area (Å²) in [4.78, 5) is 11.2. The molecule has 1 N–H and O–H groups in total. The maximum absolute atomic E-state index is 11.2. The Morgan fingerprint density at radius 3 is 2.53 bits per heavy atom. The number of carbonyl (C=O) groups is 1. The predicted molar refractivity (Wildman–Crippen MR) is 74.6 cm³/mol. The van der Waals surface area contributed by atoms with Crippen molar-refractivity contribution in [2.24, 2.45) is 5.92 Å². The van der Waals surface area contributed by atoms with Gasteiger partial charge in [0.2, 0.25) is 5.76 Å². The molecule has 0 saturated heterocycles. The highest BCUT2D eigenvalue weighted by Gasteiger charge is 2.16. The first kappa shape index (κ1) is 13.7. The second kappa shape index (κ2) is 6.98. The van der Waals surface area contributed by atoms with Crippen LogP contribution in [-0.4, -0.2) is 17.7 Å². The number of hydrogen-bond acceptors (Lipinski definition) is 2. The van der Waals surface area contributed by atoms with Gasteiger partial charge in [-0.1, -0.05) is 49.6 Å². The Labute approximate surface area is 113 Å². The third kappa shape index (κ3) is 4.43. The van der Waals surface area contributed by atoms with E-state index in [-0.39, 0.29) is 5.76 Å². The average Bonchev–Trinajstić information content (AvgIpc) is 2.45. The van der Waals surface area contributed by atoms with Crippen LogP contribution in [-0.2, 0) is 9.53 Å². The molecule has 3 nitrogen and oxygen atoms in total. The van der Waals surface area contributed by atoms with Crippen molar-refractivity contribution in [3.05, 3.63) is 41.7 Å². The first-order chi connectivity index (χ1) is 9.25. The van der Waals surface area contributed by atoms with Gasteiger partial charge in [0, 0.05) is 0 Å². The highest BCUT2D eigenvalue weighted by atomic mass is 16.5. The van der Waals surface area contributed by atoms with Crippen molar-refractivity contribution in [1.82, 2.24) is 0 Å². The van der Waals surface area contributed by atoms with Crippen LogP contribution in [0.25, 0.3) is 6.08 Å². The quantitative estimate of drug-likeness (QED) is 0.648. The Morgan fingerprint density at radius 2 is 1.89 bits per heavy atom. The summed E-state index contributed by atoms with van der Waals surface area (Å²) in [6.07, 6.45) is 7.65. The topological polar surface area (TPSA) is 46.5 Å². The molecule has 1 fully saturated rings. The molecule has 0 unspecified atom stereocenters. The molecular formula is C16H20O3. The summed E-state index contributed by atoms with van der Waals surface area (Å²) in [5, 5.41) is 9.17. The van der Waals surface area contributed by atoms with E-state index in [0.717, 1.165) is 18.4 Å². The van der Waals surface area contributed by atoms with E-state index in [1.807, 2.05) is 30.3 Å². The zero-order valence-electron chi connectivity index (χ0n) is 11.0. The van der Waals surface area contributed by atoms with E-state index in [4.69, 9.17) is 4.74 Å². The van der Waals surface area contributed by atoms with Gasteiger partial charge in [0.1, 0.15) is 0 Å². The lowest BCUT2D eigenvalue weighted by molar-refractivity contribution is -0.136. The van der Waals surface area contributed by atoms with Crippen molar-refractivity contribution in [2.45, 2.75) is 32.1 Å². The first-order valence-electron chi connectivity index (χ1n) is 6.88. The van der Waals surface area contributed by atoms with Crippen LogP contribution < -0.4 is 0 Å². The largest absolute Gasteiger partial charge is 0.486 e. The van der Waals surface area contributed by atoms with E-state index in [2.05, 4.69) is 0 Å². The predicted octanol–water partition coefficient (Wildman–Crippen LogP) is 3.71. The SMILES string of the molecule is O=C(O)C(=Cc1ccccc1)OCC1CCCCC1. The maximum Gasteiger partial charge on any atom is 0.371 e. The molecule has 0 heterocycles. The standard InChI is InChI=1S/C16H20O3/c17-16(18)15(11-13-7-3-1-4-8-13)19-12-14-9-5-2-6-10-14/h1,3-4,7-8,11,14H,2,5-6,9-10,12H2,(H,17,18). The number of carboxylic acids is 1. The Kier molecular flexibility index (Phi) is 5.01. The van der Waals surface area contributed by atoms with Gasteiger partial charge in [-0.25, -0.2) is 4.79 Å². The van der Waals surface area contributed by atoms with Crippen molar-refractivity contribution in [1.29, 1.82) is 0 Å². The summed E-state index contributed by atoms with van der Waals surface area (Å²) < 4.78 is 5.51. The minimum atomic E-state index is -1.00. The number of carboxylic acid groups (broad SMARTS) is 1. The smallest absolute Gasteiger partial charge is 0.371 e. The van der Waals surface area contributed by atoms with Gasteiger partial charge in [0.15, 0.2) is 0 Å². The van der Waals surface area contributed by atoms with E-state index in [9.17, 15) is 9.90 Å². The molecule has 0 amide bonds. The van der Waals surface area contributed by atoms with Crippen molar-refractivity contribution < 1.29 is 14.6 Å². The average molecular weight is 260 g/mol. The van der Waals surface area contributed by atoms with Gasteiger partial charge in [-0.3, -0.25) is 0 Å². The molecule has 0 radical (unpaired) electrons. The van der Waals surface area contributed by atoms with Gasteiger partial charge in [-0.05, 0) is 30.4 Å². The molecule has 102 valence electrons. The number of rotatable bonds is 5. The van der Waals surface area contributed by atoms with Gasteiger partial charge < -0.3 is 9.84 Å². The molecule has 0 atom stereocenters. The molecule has 0 aromatic heterocycles. The molecule has 1 aliphatic carbocycles. The van der Waals surface area contributed by atoms with Crippen LogP contribution in [0.1, 0.15) is 37.7 Å². The zero-order valence-corrected chi connectivity index (χ0v) is 11.0. The van der Waals surface area contributed by atoms with Crippen LogP contribution in [0.4, 0.5) is 0 Å². The van der Waals surface area contributed by atoms with Crippen molar-refractivity contribution >= 4 is 12.0 Å². The van der Waals surface area contributed by atoms with Crippen molar-refractivity contribution in [3.8, 4) is 0 Å². The van der Waals surface area contributed by atoms with Crippen molar-refractivity contribution in [3.63, 3.8) is 0 Å². The normalized spacial score (nSPS) is 17.2. The second-order valence-electron chi connectivity index (χ2n) is 5.04. The summed E-state index contributed by atoms with van der Waals surface area (Å²) in [6, 6.07) is 9.40. The van der Waals surface area contributed by atoms with E-state index >= 15 is 0 Å². The highest BCUT2D eigenvalue weighted by Crippen LogP contribution is 2.24. The maximum atomic E-state index is 11.2. The van der Waals surface area contributed by atoms with Crippen LogP contribution in [0.5, 0.6) is 0 Å². The van der Waals surface area contributed by atoms with Crippen LogP contribution in [0.3, 0.4) is 0 Å². The molecule has 1 aromatic carbocycles. The fourth-order valence-corrected chi connectivity index (χ4v) is 2.43. The third-order valence-electron chi connectivity index (χ3n) is 3.51. The minimum Gasteiger partial charge on any atom is -0.486 e. The van der Waals surface area contributed by atoms with E-state index in [1.54, 1.807) is 6.08 Å². The fraction of sp³-hybridized carbons (Fsp3) is 0.438. The molecular weight excluding hydrogens is 240 g/mol. The molecule has 3 heteroatoms. The molecule has 19 heavy (non-hydrogen) atoms. The number of hydrogen-bond donors (Lipinski definition) is 1. The number of aliphatic carboxylic acids is 1. The van der Waals surface area contributed by atoms with Gasteiger partial charge in [0.25, 0.3) is 0 Å². The summed E-state index contributed by atoms with van der Waals surface area (Å²) in [5.74, 6) is -0.455. The minimum absolute atomic E-state index is 0.0387. The molecule has 1 aliphatic rings. The summed E-state index contributed by atoms with van der Waals surface area (Å²) in [6.45, 7) is 0.519. The monoisotopic (exact) mass is 260 g/mol. The van der Waals surface area contributed by atoms with E-state index < -0.39 is 5.97 Å². The number of benzene rings is 1. The Morgan fingerprint density at radius 1 is 1.21 bits per heavy atom. The van der Waals surface area contributed by atoms with Crippen LogP contribution >= 0.6 is 0 Å². The third-order valence-corrected chi connectivity index (χ3v) is 3.51. The van der Waals surface area contributed by atoms with Gasteiger partial charge >= 0.3 is 5.97 Å². The van der Waals surface area contributed by atoms with E-state index in [1.165, 1.54) is 19.3 Å². The highest BCUT2D eigenvalue weighted by molar-refractivity contribution is 5.89. The number of ether oxygens (including phenoxy) is 1.